The second kappa shape index (κ2) is 12.0. The van der Waals surface area contributed by atoms with Crippen molar-refractivity contribution >= 4 is 39.9 Å². The van der Waals surface area contributed by atoms with Gasteiger partial charge in [0.25, 0.3) is 0 Å². The Morgan fingerprint density at radius 2 is 1.80 bits per heavy atom. The van der Waals surface area contributed by atoms with E-state index in [9.17, 15) is 27.3 Å². The Bertz CT molecular complexity index is 1540. The second-order valence-electron chi connectivity index (χ2n) is 8.74. The van der Waals surface area contributed by atoms with E-state index in [-0.39, 0.29) is 29.0 Å². The molecule has 40 heavy (non-hydrogen) atoms. The fraction of sp³-hybridized carbons (Fsp3) is 0.259. The van der Waals surface area contributed by atoms with Gasteiger partial charge in [0, 0.05) is 42.5 Å². The number of alkyl halides is 3. The maximum absolute atomic E-state index is 13.9. The quantitative estimate of drug-likeness (QED) is 0.211. The molecule has 0 N–H and O–H groups in total. The molecule has 210 valence electrons. The minimum Gasteiger partial charge on any atom is -0.609 e. The topological polar surface area (TPSA) is 110 Å². The molecule has 0 saturated heterocycles. The molecule has 0 aliphatic rings. The number of ether oxygens (including phenoxy) is 2. The SMILES string of the molecule is CC(=O)OCc1ccccc1N(C)C(=O)n1c([S@+]([O-])Cc2nccc(OCC(F)(F)F)c2C)nc2ccccc21. The lowest BCUT2D eigenvalue weighted by atomic mass is 10.2. The molecule has 0 unspecified atom stereocenters. The van der Waals surface area contributed by atoms with Crippen molar-refractivity contribution in [3.63, 3.8) is 0 Å². The van der Waals surface area contributed by atoms with Gasteiger partial charge in [0.15, 0.2) is 12.4 Å². The number of hydrogen-bond acceptors (Lipinski definition) is 7. The smallest absolute Gasteiger partial charge is 0.422 e. The molecule has 2 aromatic heterocycles. The van der Waals surface area contributed by atoms with Gasteiger partial charge in [-0.2, -0.15) is 18.2 Å². The first-order valence-electron chi connectivity index (χ1n) is 12.0. The van der Waals surface area contributed by atoms with Crippen LogP contribution in [0.15, 0.2) is 66.0 Å². The molecule has 0 spiro atoms. The number of pyridine rings is 1. The van der Waals surface area contributed by atoms with Crippen LogP contribution >= 0.6 is 0 Å². The fourth-order valence-corrected chi connectivity index (χ4v) is 5.19. The molecule has 2 heterocycles. The van der Waals surface area contributed by atoms with Gasteiger partial charge >= 0.3 is 23.3 Å². The molecule has 0 radical (unpaired) electrons. The largest absolute Gasteiger partial charge is 0.609 e. The van der Waals surface area contributed by atoms with E-state index >= 15 is 0 Å². The Labute approximate surface area is 230 Å². The minimum absolute atomic E-state index is 0.0342. The number of para-hydroxylation sites is 3. The molecule has 2 aromatic carbocycles. The molecule has 4 aromatic rings. The third kappa shape index (κ3) is 6.54. The summed E-state index contributed by atoms with van der Waals surface area (Å²) in [6.07, 6.45) is -3.25. The summed E-state index contributed by atoms with van der Waals surface area (Å²) in [6.45, 7) is 1.28. The monoisotopic (exact) mass is 574 g/mol. The Kier molecular flexibility index (Phi) is 8.64. The number of fused-ring (bicyclic) bond motifs is 1. The number of imidazole rings is 1. The van der Waals surface area contributed by atoms with E-state index in [1.807, 2.05) is 0 Å². The summed E-state index contributed by atoms with van der Waals surface area (Å²) in [4.78, 5) is 35.2. The molecular formula is C27H25F3N4O5S. The molecule has 0 saturated carbocycles. The van der Waals surface area contributed by atoms with E-state index in [1.54, 1.807) is 48.5 Å². The van der Waals surface area contributed by atoms with Crippen molar-refractivity contribution in [1.29, 1.82) is 0 Å². The molecule has 9 nitrogen and oxygen atoms in total. The predicted octanol–water partition coefficient (Wildman–Crippen LogP) is 5.16. The molecular weight excluding hydrogens is 549 g/mol. The van der Waals surface area contributed by atoms with Gasteiger partial charge in [0.05, 0.1) is 22.4 Å². The second-order valence-corrected chi connectivity index (χ2v) is 10.1. The molecule has 0 aliphatic heterocycles. The van der Waals surface area contributed by atoms with Crippen molar-refractivity contribution in [2.24, 2.45) is 0 Å². The maximum Gasteiger partial charge on any atom is 0.422 e. The van der Waals surface area contributed by atoms with E-state index in [0.717, 1.165) is 0 Å². The third-order valence-corrected chi connectivity index (χ3v) is 7.13. The molecule has 0 aliphatic carbocycles. The highest BCUT2D eigenvalue weighted by atomic mass is 32.2. The first kappa shape index (κ1) is 28.9. The number of hydrogen-bond donors (Lipinski definition) is 0. The summed E-state index contributed by atoms with van der Waals surface area (Å²) in [6, 6.07) is 14.4. The van der Waals surface area contributed by atoms with E-state index in [1.165, 1.54) is 42.6 Å². The fourth-order valence-electron chi connectivity index (χ4n) is 3.94. The van der Waals surface area contributed by atoms with Crippen molar-refractivity contribution in [1.82, 2.24) is 14.5 Å². The highest BCUT2D eigenvalue weighted by Crippen LogP contribution is 2.29. The summed E-state index contributed by atoms with van der Waals surface area (Å²) < 4.78 is 62.8. The van der Waals surface area contributed by atoms with Gasteiger partial charge in [-0.1, -0.05) is 30.3 Å². The zero-order valence-corrected chi connectivity index (χ0v) is 22.6. The summed E-state index contributed by atoms with van der Waals surface area (Å²) >= 11 is -1.93. The number of rotatable bonds is 8. The van der Waals surface area contributed by atoms with Crippen molar-refractivity contribution in [3.8, 4) is 5.75 Å². The number of aromatic nitrogens is 3. The van der Waals surface area contributed by atoms with Gasteiger partial charge in [-0.3, -0.25) is 14.7 Å². The van der Waals surface area contributed by atoms with E-state index in [0.29, 0.717) is 27.8 Å². The summed E-state index contributed by atoms with van der Waals surface area (Å²) in [5.74, 6) is -0.731. The minimum atomic E-state index is -4.52. The van der Waals surface area contributed by atoms with E-state index < -0.39 is 36.0 Å². The standard InChI is InChI=1S/C27H25F3N4O5S/c1-17-21(31-13-12-24(17)39-16-27(28,29)30)15-40(37)25-32-20-9-5-7-11-23(20)34(25)26(36)33(3)22-10-6-4-8-19(22)14-38-18(2)35/h4-13H,14-16H2,1-3H3/t40-/m1/s1. The van der Waals surface area contributed by atoms with Gasteiger partial charge in [-0.15, -0.1) is 0 Å². The van der Waals surface area contributed by atoms with E-state index in [4.69, 9.17) is 9.47 Å². The number of carbonyl (C=O) groups is 2. The third-order valence-electron chi connectivity index (χ3n) is 5.91. The molecule has 0 fully saturated rings. The van der Waals surface area contributed by atoms with Crippen LogP contribution in [0.3, 0.4) is 0 Å². The molecule has 1 amide bonds. The van der Waals surface area contributed by atoms with Gasteiger partial charge in [0.1, 0.15) is 12.4 Å². The lowest BCUT2D eigenvalue weighted by Gasteiger charge is -2.22. The molecule has 13 heteroatoms. The molecule has 1 atom stereocenters. The highest BCUT2D eigenvalue weighted by molar-refractivity contribution is 7.90. The number of amides is 1. The van der Waals surface area contributed by atoms with Crippen LogP contribution in [0, 0.1) is 6.92 Å². The van der Waals surface area contributed by atoms with Gasteiger partial charge in [-0.05, 0) is 31.2 Å². The number of esters is 1. The summed E-state index contributed by atoms with van der Waals surface area (Å²) in [7, 11) is 1.53. The first-order valence-corrected chi connectivity index (χ1v) is 13.3. The summed E-state index contributed by atoms with van der Waals surface area (Å²) in [5, 5.41) is -0.0571. The van der Waals surface area contributed by atoms with Crippen molar-refractivity contribution in [2.75, 3.05) is 18.6 Å². The Balaban J connectivity index is 1.68. The normalized spacial score (nSPS) is 12.3. The predicted molar refractivity (Wildman–Crippen MR) is 141 cm³/mol. The van der Waals surface area contributed by atoms with Gasteiger partial charge in [0.2, 0.25) is 0 Å². The van der Waals surface area contributed by atoms with Crippen LogP contribution in [0.5, 0.6) is 5.75 Å². The Hall–Kier alpha value is -4.10. The molecule has 4 rings (SSSR count). The number of anilines is 1. The van der Waals surface area contributed by atoms with Crippen molar-refractivity contribution in [3.05, 3.63) is 77.6 Å². The average molecular weight is 575 g/mol. The lowest BCUT2D eigenvalue weighted by Crippen LogP contribution is -2.33. The van der Waals surface area contributed by atoms with Crippen LogP contribution in [-0.2, 0) is 33.1 Å². The van der Waals surface area contributed by atoms with Crippen molar-refractivity contribution < 1.29 is 36.8 Å². The number of carbonyl (C=O) groups excluding carboxylic acids is 2. The number of halogens is 3. The maximum atomic E-state index is 13.9. The molecule has 0 bridgehead atoms. The average Bonchev–Trinajstić information content (AvgIpc) is 3.31. The number of nitrogens with zero attached hydrogens (tertiary/aromatic N) is 4. The number of benzene rings is 2. The van der Waals surface area contributed by atoms with Crippen molar-refractivity contribution in [2.45, 2.75) is 37.5 Å². The van der Waals surface area contributed by atoms with Crippen LogP contribution in [0.25, 0.3) is 11.0 Å². The van der Waals surface area contributed by atoms with E-state index in [2.05, 4.69) is 9.97 Å². The van der Waals surface area contributed by atoms with Crippen LogP contribution in [-0.4, -0.2) is 50.9 Å². The van der Waals surface area contributed by atoms with Crippen LogP contribution in [0.2, 0.25) is 0 Å². The highest BCUT2D eigenvalue weighted by Gasteiger charge is 2.31. The van der Waals surface area contributed by atoms with Crippen LogP contribution in [0.1, 0.15) is 23.7 Å². The first-order chi connectivity index (χ1) is 19.0. The summed E-state index contributed by atoms with van der Waals surface area (Å²) in [5.41, 5.74) is 2.42. The van der Waals surface area contributed by atoms with Crippen LogP contribution < -0.4 is 9.64 Å². The lowest BCUT2D eigenvalue weighted by molar-refractivity contribution is -0.153. The Morgan fingerprint density at radius 3 is 2.52 bits per heavy atom. The zero-order valence-electron chi connectivity index (χ0n) is 21.8. The van der Waals surface area contributed by atoms with Crippen LogP contribution in [0.4, 0.5) is 23.7 Å². The van der Waals surface area contributed by atoms with Gasteiger partial charge < -0.3 is 14.0 Å². The van der Waals surface area contributed by atoms with Gasteiger partial charge in [-0.25, -0.2) is 9.36 Å². The zero-order chi connectivity index (χ0) is 29.0. The Morgan fingerprint density at radius 1 is 1.10 bits per heavy atom.